The molecule has 0 atom stereocenters. The van der Waals surface area contributed by atoms with Gasteiger partial charge in [-0.3, -0.25) is 9.59 Å². The van der Waals surface area contributed by atoms with Gasteiger partial charge in [-0.1, -0.05) is 52.8 Å². The quantitative estimate of drug-likeness (QED) is 0.441. The standard InChI is InChI=1S/C25H25N5O3S/c1-17-6-8-20(9-7-17)33-16-23(32)29-12-10-28(11-13-29)21-15-22(31)30-25(26-21)34-24(27-30)19-5-3-4-18(2)14-19/h3-9,14-15H,10-13,16H2,1-2H3. The Kier molecular flexibility index (Phi) is 6.02. The van der Waals surface area contributed by atoms with Crippen molar-refractivity contribution in [3.63, 3.8) is 0 Å². The molecule has 2 aromatic carbocycles. The Morgan fingerprint density at radius 1 is 1.00 bits per heavy atom. The van der Waals surface area contributed by atoms with E-state index in [9.17, 15) is 9.59 Å². The molecule has 4 aromatic rings. The number of rotatable bonds is 5. The van der Waals surface area contributed by atoms with Gasteiger partial charge in [-0.25, -0.2) is 4.98 Å². The molecule has 3 heterocycles. The topological polar surface area (TPSA) is 80.0 Å². The summed E-state index contributed by atoms with van der Waals surface area (Å²) in [6, 6.07) is 17.2. The molecule has 0 spiro atoms. The Balaban J connectivity index is 1.25. The summed E-state index contributed by atoms with van der Waals surface area (Å²) >= 11 is 1.40. The first-order valence-electron chi connectivity index (χ1n) is 11.2. The summed E-state index contributed by atoms with van der Waals surface area (Å²) in [5.74, 6) is 1.26. The zero-order valence-corrected chi connectivity index (χ0v) is 19.9. The number of aryl methyl sites for hydroxylation is 2. The largest absolute Gasteiger partial charge is 0.484 e. The summed E-state index contributed by atoms with van der Waals surface area (Å²) in [6.45, 7) is 6.34. The van der Waals surface area contributed by atoms with Crippen LogP contribution in [0.15, 0.2) is 59.4 Å². The van der Waals surface area contributed by atoms with Crippen LogP contribution in [0.2, 0.25) is 0 Å². The van der Waals surface area contributed by atoms with E-state index in [4.69, 9.17) is 9.72 Å². The van der Waals surface area contributed by atoms with Crippen LogP contribution in [0.25, 0.3) is 15.5 Å². The Labute approximate surface area is 201 Å². The van der Waals surface area contributed by atoms with Crippen LogP contribution < -0.4 is 15.2 Å². The van der Waals surface area contributed by atoms with Crippen molar-refractivity contribution in [2.24, 2.45) is 0 Å². The fourth-order valence-corrected chi connectivity index (χ4v) is 4.81. The molecule has 8 nitrogen and oxygen atoms in total. The highest BCUT2D eigenvalue weighted by atomic mass is 32.1. The molecule has 174 valence electrons. The van der Waals surface area contributed by atoms with Crippen molar-refractivity contribution in [3.05, 3.63) is 76.1 Å². The van der Waals surface area contributed by atoms with Crippen LogP contribution in [-0.2, 0) is 4.79 Å². The minimum absolute atomic E-state index is 0.0111. The van der Waals surface area contributed by atoms with Gasteiger partial charge in [-0.05, 0) is 32.0 Å². The lowest BCUT2D eigenvalue weighted by molar-refractivity contribution is -0.133. The number of carbonyl (C=O) groups excluding carboxylic acids is 1. The van der Waals surface area contributed by atoms with Crippen LogP contribution in [-0.4, -0.2) is 58.2 Å². The van der Waals surface area contributed by atoms with Gasteiger partial charge in [-0.2, -0.15) is 9.61 Å². The Bertz CT molecular complexity index is 1390. The molecular formula is C25H25N5O3S. The monoisotopic (exact) mass is 475 g/mol. The zero-order chi connectivity index (χ0) is 23.7. The molecule has 0 radical (unpaired) electrons. The second-order valence-corrected chi connectivity index (χ2v) is 9.35. The van der Waals surface area contributed by atoms with Gasteiger partial charge in [0.15, 0.2) is 6.61 Å². The number of carbonyl (C=O) groups is 1. The molecule has 1 aliphatic heterocycles. The van der Waals surface area contributed by atoms with Crippen molar-refractivity contribution in [2.45, 2.75) is 13.8 Å². The zero-order valence-electron chi connectivity index (χ0n) is 19.1. The Morgan fingerprint density at radius 2 is 1.76 bits per heavy atom. The van der Waals surface area contributed by atoms with Gasteiger partial charge in [0.25, 0.3) is 11.5 Å². The van der Waals surface area contributed by atoms with Crippen LogP contribution in [0.4, 0.5) is 5.82 Å². The van der Waals surface area contributed by atoms with Crippen molar-refractivity contribution in [1.29, 1.82) is 0 Å². The summed E-state index contributed by atoms with van der Waals surface area (Å²) in [4.78, 5) is 34.4. The van der Waals surface area contributed by atoms with Crippen molar-refractivity contribution >= 4 is 28.0 Å². The lowest BCUT2D eigenvalue weighted by atomic mass is 10.1. The third-order valence-corrected chi connectivity index (χ3v) is 6.79. The molecule has 2 aromatic heterocycles. The van der Waals surface area contributed by atoms with Gasteiger partial charge in [0.05, 0.1) is 0 Å². The van der Waals surface area contributed by atoms with E-state index in [0.29, 0.717) is 42.7 Å². The van der Waals surface area contributed by atoms with Crippen LogP contribution in [0.3, 0.4) is 0 Å². The molecule has 1 amide bonds. The first kappa shape index (κ1) is 22.1. The lowest BCUT2D eigenvalue weighted by Gasteiger charge is -2.35. The minimum atomic E-state index is -0.208. The lowest BCUT2D eigenvalue weighted by Crippen LogP contribution is -2.50. The van der Waals surface area contributed by atoms with Gasteiger partial charge in [0.1, 0.15) is 16.6 Å². The van der Waals surface area contributed by atoms with Crippen LogP contribution >= 0.6 is 11.3 Å². The van der Waals surface area contributed by atoms with Gasteiger partial charge < -0.3 is 14.5 Å². The summed E-state index contributed by atoms with van der Waals surface area (Å²) < 4.78 is 6.99. The summed E-state index contributed by atoms with van der Waals surface area (Å²) in [5.41, 5.74) is 3.04. The molecule has 0 N–H and O–H groups in total. The fraction of sp³-hybridized carbons (Fsp3) is 0.280. The first-order valence-corrected chi connectivity index (χ1v) is 12.0. The van der Waals surface area contributed by atoms with Gasteiger partial charge >= 0.3 is 0 Å². The maximum Gasteiger partial charge on any atom is 0.277 e. The highest BCUT2D eigenvalue weighted by molar-refractivity contribution is 7.19. The van der Waals surface area contributed by atoms with Crippen molar-refractivity contribution in [1.82, 2.24) is 19.5 Å². The molecule has 1 saturated heterocycles. The molecule has 34 heavy (non-hydrogen) atoms. The van der Waals surface area contributed by atoms with Crippen molar-refractivity contribution < 1.29 is 9.53 Å². The number of piperazine rings is 1. The molecule has 0 bridgehead atoms. The molecule has 1 fully saturated rings. The molecule has 0 saturated carbocycles. The second-order valence-electron chi connectivity index (χ2n) is 8.39. The average Bonchev–Trinajstić information content (AvgIpc) is 3.29. The van der Waals surface area contributed by atoms with E-state index < -0.39 is 0 Å². The van der Waals surface area contributed by atoms with Crippen LogP contribution in [0.1, 0.15) is 11.1 Å². The number of hydrogen-bond acceptors (Lipinski definition) is 7. The van der Waals surface area contributed by atoms with E-state index in [1.54, 1.807) is 4.90 Å². The molecule has 1 aliphatic rings. The number of amides is 1. The van der Waals surface area contributed by atoms with E-state index in [0.717, 1.165) is 21.7 Å². The molecule has 9 heteroatoms. The maximum absolute atomic E-state index is 12.7. The fourth-order valence-electron chi connectivity index (χ4n) is 3.91. The van der Waals surface area contributed by atoms with E-state index in [-0.39, 0.29) is 18.1 Å². The van der Waals surface area contributed by atoms with E-state index in [2.05, 4.69) is 5.10 Å². The number of hydrogen-bond donors (Lipinski definition) is 0. The predicted molar refractivity (Wildman–Crippen MR) is 133 cm³/mol. The minimum Gasteiger partial charge on any atom is -0.484 e. The third-order valence-electron chi connectivity index (χ3n) is 5.84. The van der Waals surface area contributed by atoms with Crippen molar-refractivity contribution in [2.75, 3.05) is 37.7 Å². The van der Waals surface area contributed by atoms with Gasteiger partial charge in [-0.15, -0.1) is 0 Å². The molecule has 0 unspecified atom stereocenters. The maximum atomic E-state index is 12.7. The normalized spacial score (nSPS) is 13.9. The predicted octanol–water partition coefficient (Wildman–Crippen LogP) is 3.16. The van der Waals surface area contributed by atoms with Gasteiger partial charge in [0, 0.05) is 37.8 Å². The summed E-state index contributed by atoms with van der Waals surface area (Å²) in [6.07, 6.45) is 0. The molecular weight excluding hydrogens is 450 g/mol. The number of fused-ring (bicyclic) bond motifs is 1. The Morgan fingerprint density at radius 3 is 2.50 bits per heavy atom. The van der Waals surface area contributed by atoms with Crippen LogP contribution in [0, 0.1) is 13.8 Å². The third kappa shape index (κ3) is 4.65. The molecule has 5 rings (SSSR count). The summed E-state index contributed by atoms with van der Waals surface area (Å²) in [5, 5.41) is 5.23. The average molecular weight is 476 g/mol. The van der Waals surface area contributed by atoms with E-state index in [1.165, 1.54) is 21.9 Å². The number of ether oxygens (including phenoxy) is 1. The number of aromatic nitrogens is 3. The highest BCUT2D eigenvalue weighted by Gasteiger charge is 2.23. The van der Waals surface area contributed by atoms with Crippen LogP contribution in [0.5, 0.6) is 5.75 Å². The number of benzene rings is 2. The number of anilines is 1. The van der Waals surface area contributed by atoms with E-state index >= 15 is 0 Å². The Hall–Kier alpha value is -3.72. The molecule has 0 aliphatic carbocycles. The smallest absolute Gasteiger partial charge is 0.277 e. The van der Waals surface area contributed by atoms with Gasteiger partial charge in [0.2, 0.25) is 4.96 Å². The first-order chi connectivity index (χ1) is 16.5. The second kappa shape index (κ2) is 9.26. The SMILES string of the molecule is Cc1ccc(OCC(=O)N2CCN(c3cc(=O)n4nc(-c5cccc(C)c5)sc4n3)CC2)cc1. The van der Waals surface area contributed by atoms with Crippen molar-refractivity contribution in [3.8, 4) is 16.3 Å². The van der Waals surface area contributed by atoms with E-state index in [1.807, 2.05) is 67.3 Å². The highest BCUT2D eigenvalue weighted by Crippen LogP contribution is 2.26. The summed E-state index contributed by atoms with van der Waals surface area (Å²) in [7, 11) is 0. The number of nitrogens with zero attached hydrogens (tertiary/aromatic N) is 5.